The number of fused-ring (bicyclic) bond motifs is 4. The average Bonchev–Trinajstić information content (AvgIpc) is 2.80. The van der Waals surface area contributed by atoms with Crippen molar-refractivity contribution in [2.45, 2.75) is 0 Å². The molecule has 0 bridgehead atoms. The summed E-state index contributed by atoms with van der Waals surface area (Å²) in [5.74, 6) is 0.256. The summed E-state index contributed by atoms with van der Waals surface area (Å²) in [6.07, 6.45) is 1.56. The summed E-state index contributed by atoms with van der Waals surface area (Å²) in [6.45, 7) is 0. The van der Waals surface area contributed by atoms with E-state index in [0.29, 0.717) is 27.3 Å². The first-order valence-electron chi connectivity index (χ1n) is 6.11. The summed E-state index contributed by atoms with van der Waals surface area (Å²) in [5, 5.41) is 13.4. The van der Waals surface area contributed by atoms with E-state index >= 15 is 0 Å². The molecule has 6 nitrogen and oxygen atoms in total. The Morgan fingerprint density at radius 1 is 1.29 bits per heavy atom. The molecule has 21 heavy (non-hydrogen) atoms. The molecule has 0 radical (unpaired) electrons. The largest absolute Gasteiger partial charge is 0.410 e. The first-order valence-corrected chi connectivity index (χ1v) is 6.49. The van der Waals surface area contributed by atoms with E-state index in [-0.39, 0.29) is 17.1 Å². The smallest absolute Gasteiger partial charge is 0.267 e. The minimum Gasteiger partial charge on any atom is -0.410 e. The highest BCUT2D eigenvalue weighted by Crippen LogP contribution is 2.28. The fourth-order valence-corrected chi connectivity index (χ4v) is 2.69. The van der Waals surface area contributed by atoms with E-state index in [4.69, 9.17) is 11.6 Å². The average molecular weight is 299 g/mol. The molecule has 2 aromatic heterocycles. The van der Waals surface area contributed by atoms with Crippen LogP contribution in [0.15, 0.2) is 46.5 Å². The van der Waals surface area contributed by atoms with Crippen LogP contribution < -0.4 is 5.56 Å². The van der Waals surface area contributed by atoms with E-state index in [1.54, 1.807) is 36.5 Å². The van der Waals surface area contributed by atoms with Crippen molar-refractivity contribution >= 4 is 28.3 Å². The molecule has 0 spiro atoms. The second-order valence-electron chi connectivity index (χ2n) is 4.56. The molecule has 0 unspecified atom stereocenters. The third kappa shape index (κ3) is 1.53. The van der Waals surface area contributed by atoms with Gasteiger partial charge < -0.3 is 5.21 Å². The van der Waals surface area contributed by atoms with Gasteiger partial charge in [-0.25, -0.2) is 9.97 Å². The quantitative estimate of drug-likeness (QED) is 0.397. The molecule has 7 heteroatoms. The minimum absolute atomic E-state index is 0.206. The number of hydrogen-bond donors (Lipinski definition) is 1. The predicted octanol–water partition coefficient (Wildman–Crippen LogP) is 1.97. The summed E-state index contributed by atoms with van der Waals surface area (Å²) in [4.78, 5) is 21.1. The topological polar surface area (TPSA) is 80.4 Å². The fourth-order valence-electron chi connectivity index (χ4n) is 2.51. The van der Waals surface area contributed by atoms with Crippen LogP contribution >= 0.6 is 11.6 Å². The number of nitrogens with zero attached hydrogens (tertiary/aromatic N) is 4. The second-order valence-corrected chi connectivity index (χ2v) is 5.00. The maximum absolute atomic E-state index is 12.6. The molecule has 1 aliphatic heterocycles. The van der Waals surface area contributed by atoms with E-state index in [1.807, 2.05) is 0 Å². The van der Waals surface area contributed by atoms with Gasteiger partial charge in [-0.1, -0.05) is 16.8 Å². The monoisotopic (exact) mass is 298 g/mol. The molecule has 0 saturated heterocycles. The van der Waals surface area contributed by atoms with Crippen LogP contribution in [0.25, 0.3) is 16.7 Å². The Morgan fingerprint density at radius 2 is 2.14 bits per heavy atom. The number of halogens is 1. The Balaban J connectivity index is 2.21. The molecule has 1 aromatic carbocycles. The molecule has 0 fully saturated rings. The third-order valence-electron chi connectivity index (χ3n) is 3.41. The lowest BCUT2D eigenvalue weighted by molar-refractivity contribution is 0.319. The first-order chi connectivity index (χ1) is 10.2. The summed E-state index contributed by atoms with van der Waals surface area (Å²) >= 11 is 5.98. The Hall–Kier alpha value is -2.73. The van der Waals surface area contributed by atoms with Gasteiger partial charge in [-0.2, -0.15) is 0 Å². The van der Waals surface area contributed by atoms with Crippen molar-refractivity contribution in [3.05, 3.63) is 63.3 Å². The lowest BCUT2D eigenvalue weighted by Gasteiger charge is -2.04. The molecule has 102 valence electrons. The van der Waals surface area contributed by atoms with E-state index < -0.39 is 0 Å². The second kappa shape index (κ2) is 4.13. The van der Waals surface area contributed by atoms with E-state index in [1.165, 1.54) is 4.57 Å². The van der Waals surface area contributed by atoms with Gasteiger partial charge in [0.2, 0.25) is 0 Å². The highest BCUT2D eigenvalue weighted by molar-refractivity contribution is 6.31. The number of aromatic nitrogens is 3. The van der Waals surface area contributed by atoms with Crippen molar-refractivity contribution < 1.29 is 5.21 Å². The van der Waals surface area contributed by atoms with E-state index in [9.17, 15) is 10.0 Å². The number of benzene rings is 1. The first kappa shape index (κ1) is 12.0. The zero-order valence-corrected chi connectivity index (χ0v) is 11.2. The zero-order chi connectivity index (χ0) is 14.6. The molecule has 0 amide bonds. The van der Waals surface area contributed by atoms with Crippen molar-refractivity contribution in [3.63, 3.8) is 0 Å². The van der Waals surface area contributed by atoms with Gasteiger partial charge >= 0.3 is 0 Å². The van der Waals surface area contributed by atoms with Gasteiger partial charge in [0.15, 0.2) is 17.2 Å². The lowest BCUT2D eigenvalue weighted by atomic mass is 10.1. The number of hydrogen-bond acceptors (Lipinski definition) is 5. The third-order valence-corrected chi connectivity index (χ3v) is 3.65. The molecule has 0 saturated carbocycles. The van der Waals surface area contributed by atoms with Gasteiger partial charge in [-0.3, -0.25) is 9.36 Å². The highest BCUT2D eigenvalue weighted by Gasteiger charge is 2.29. The zero-order valence-electron chi connectivity index (χ0n) is 10.5. The summed E-state index contributed by atoms with van der Waals surface area (Å²) in [7, 11) is 0. The molecule has 3 heterocycles. The Kier molecular flexibility index (Phi) is 2.37. The Morgan fingerprint density at radius 3 is 2.95 bits per heavy atom. The van der Waals surface area contributed by atoms with Gasteiger partial charge in [0.25, 0.3) is 5.56 Å². The van der Waals surface area contributed by atoms with E-state index in [0.717, 1.165) is 0 Å². The van der Waals surface area contributed by atoms with Gasteiger partial charge in [0.1, 0.15) is 0 Å². The summed E-state index contributed by atoms with van der Waals surface area (Å²) < 4.78 is 1.41. The van der Waals surface area contributed by atoms with E-state index in [2.05, 4.69) is 15.1 Å². The summed E-state index contributed by atoms with van der Waals surface area (Å²) in [6, 6.07) is 8.35. The van der Waals surface area contributed by atoms with Crippen LogP contribution in [0.3, 0.4) is 0 Å². The highest BCUT2D eigenvalue weighted by atomic mass is 35.5. The summed E-state index contributed by atoms with van der Waals surface area (Å²) in [5.41, 5.74) is 1.41. The molecule has 0 atom stereocenters. The van der Waals surface area contributed by atoms with Crippen LogP contribution in [0.5, 0.6) is 0 Å². The van der Waals surface area contributed by atoms with Crippen molar-refractivity contribution in [3.8, 4) is 5.69 Å². The van der Waals surface area contributed by atoms with Gasteiger partial charge in [0, 0.05) is 16.8 Å². The van der Waals surface area contributed by atoms with Crippen molar-refractivity contribution in [2.24, 2.45) is 5.16 Å². The Bertz CT molecular complexity index is 994. The fraction of sp³-hybridized carbons (Fsp3) is 0. The molecule has 1 N–H and O–H groups in total. The SMILES string of the molecule is O=c1c2cccnc2nc2n1-c1ccc(Cl)cc1C2=NO. The molecule has 4 rings (SSSR count). The predicted molar refractivity (Wildman–Crippen MR) is 77.6 cm³/mol. The maximum Gasteiger partial charge on any atom is 0.267 e. The number of rotatable bonds is 0. The van der Waals surface area contributed by atoms with Crippen LogP contribution in [-0.4, -0.2) is 25.5 Å². The standard InChI is InChI=1S/C14H7ClN4O2/c15-7-3-4-10-9(6-7)11(18-21)13-17-12-8(2-1-5-16-12)14(20)19(10)13/h1-6,21H. The van der Waals surface area contributed by atoms with Gasteiger partial charge in [-0.05, 0) is 30.3 Å². The van der Waals surface area contributed by atoms with Gasteiger partial charge in [-0.15, -0.1) is 0 Å². The van der Waals surface area contributed by atoms with Crippen LogP contribution in [0, 0.1) is 0 Å². The molecule has 0 aliphatic carbocycles. The Labute approximate surface area is 123 Å². The number of oxime groups is 1. The lowest BCUT2D eigenvalue weighted by Crippen LogP contribution is -2.22. The van der Waals surface area contributed by atoms with Crippen molar-refractivity contribution in [2.75, 3.05) is 0 Å². The van der Waals surface area contributed by atoms with Crippen molar-refractivity contribution in [1.29, 1.82) is 0 Å². The molecular formula is C14H7ClN4O2. The van der Waals surface area contributed by atoms with Crippen LogP contribution in [0.1, 0.15) is 11.4 Å². The minimum atomic E-state index is -0.259. The maximum atomic E-state index is 12.6. The number of pyridine rings is 1. The molecule has 3 aromatic rings. The van der Waals surface area contributed by atoms with Gasteiger partial charge in [0.05, 0.1) is 11.1 Å². The molecule has 1 aliphatic rings. The molecular weight excluding hydrogens is 292 g/mol. The van der Waals surface area contributed by atoms with Crippen LogP contribution in [-0.2, 0) is 0 Å². The van der Waals surface area contributed by atoms with Crippen LogP contribution in [0.4, 0.5) is 0 Å². The van der Waals surface area contributed by atoms with Crippen LogP contribution in [0.2, 0.25) is 5.02 Å². The van der Waals surface area contributed by atoms with Crippen molar-refractivity contribution in [1.82, 2.24) is 14.5 Å². The normalized spacial score (nSPS) is 14.4.